The molecule has 2 aromatic rings. The predicted octanol–water partition coefficient (Wildman–Crippen LogP) is 4.43. The molecule has 0 aromatic heterocycles. The molecule has 3 amide bonds. The van der Waals surface area contributed by atoms with Crippen molar-refractivity contribution < 1.29 is 37.1 Å². The Bertz CT molecular complexity index is 1180. The first-order chi connectivity index (χ1) is 16.6. The fraction of sp³-hybridized carbons (Fsp3) is 0.360. The van der Waals surface area contributed by atoms with E-state index in [0.29, 0.717) is 18.8 Å². The molecule has 2 fully saturated rings. The van der Waals surface area contributed by atoms with Crippen molar-refractivity contribution in [3.63, 3.8) is 0 Å². The molecule has 0 spiro atoms. The van der Waals surface area contributed by atoms with E-state index in [1.165, 1.54) is 36.4 Å². The van der Waals surface area contributed by atoms with Crippen molar-refractivity contribution in [1.29, 1.82) is 0 Å². The molecular formula is C25H23F3N2O5. The first-order valence-electron chi connectivity index (χ1n) is 11.2. The van der Waals surface area contributed by atoms with E-state index < -0.39 is 35.9 Å². The van der Waals surface area contributed by atoms with Crippen LogP contribution >= 0.6 is 0 Å². The number of nitrogens with one attached hydrogen (secondary N) is 1. The second-order valence-electron chi connectivity index (χ2n) is 8.86. The van der Waals surface area contributed by atoms with Crippen molar-refractivity contribution in [2.24, 2.45) is 17.8 Å². The summed E-state index contributed by atoms with van der Waals surface area (Å²) in [6, 6.07) is 10.2. The Kier molecular flexibility index (Phi) is 6.64. The van der Waals surface area contributed by atoms with Gasteiger partial charge in [-0.15, -0.1) is 0 Å². The van der Waals surface area contributed by atoms with Gasteiger partial charge in [-0.2, -0.15) is 13.2 Å². The Labute approximate surface area is 199 Å². The standard InChI is InChI=1S/C25H23F3N2O5/c1-14-9-10-17-18(11-14)23(33)30(22(17)32)16-6-4-5-15(12-16)24(34)35-13-21(31)29-20-8-3-2-7-19(20)25(26,27)28/h2-8,12,14,17-18H,9-11,13H2,1H3,(H,29,31)/t14-,17-,18+/m1/s1. The molecule has 1 saturated heterocycles. The van der Waals surface area contributed by atoms with Crippen LogP contribution in [-0.2, 0) is 25.3 Å². The number of anilines is 2. The van der Waals surface area contributed by atoms with Crippen LogP contribution in [0.5, 0.6) is 0 Å². The number of imide groups is 1. The lowest BCUT2D eigenvalue weighted by Gasteiger charge is -2.25. The summed E-state index contributed by atoms with van der Waals surface area (Å²) in [7, 11) is 0. The molecular weight excluding hydrogens is 465 g/mol. The fourth-order valence-corrected chi connectivity index (χ4v) is 4.66. The Hall–Kier alpha value is -3.69. The second-order valence-corrected chi connectivity index (χ2v) is 8.86. The molecule has 35 heavy (non-hydrogen) atoms. The number of para-hydroxylation sites is 1. The topological polar surface area (TPSA) is 92.8 Å². The number of ether oxygens (including phenoxy) is 1. The molecule has 3 atom stereocenters. The zero-order valence-electron chi connectivity index (χ0n) is 18.8. The van der Waals surface area contributed by atoms with Crippen LogP contribution in [-0.4, -0.2) is 30.3 Å². The number of carbonyl (C=O) groups is 4. The Morgan fingerprint density at radius 1 is 1.03 bits per heavy atom. The van der Waals surface area contributed by atoms with Gasteiger partial charge in [-0.3, -0.25) is 19.3 Å². The van der Waals surface area contributed by atoms with Gasteiger partial charge in [0, 0.05) is 0 Å². The van der Waals surface area contributed by atoms with Gasteiger partial charge in [0.2, 0.25) is 11.8 Å². The minimum absolute atomic E-state index is 0.00479. The molecule has 1 aliphatic carbocycles. The van der Waals surface area contributed by atoms with Crippen LogP contribution in [0.4, 0.5) is 24.5 Å². The Morgan fingerprint density at radius 2 is 1.74 bits per heavy atom. The average Bonchev–Trinajstić information content (AvgIpc) is 3.06. The summed E-state index contributed by atoms with van der Waals surface area (Å²) in [5.74, 6) is -2.84. The number of fused-ring (bicyclic) bond motifs is 1. The molecule has 2 aromatic carbocycles. The second kappa shape index (κ2) is 9.52. The predicted molar refractivity (Wildman–Crippen MR) is 119 cm³/mol. The maximum absolute atomic E-state index is 13.1. The number of halogens is 3. The van der Waals surface area contributed by atoms with Crippen molar-refractivity contribution in [1.82, 2.24) is 0 Å². The van der Waals surface area contributed by atoms with Crippen LogP contribution in [0, 0.1) is 17.8 Å². The summed E-state index contributed by atoms with van der Waals surface area (Å²) in [5.41, 5.74) is -1.25. The highest BCUT2D eigenvalue weighted by Crippen LogP contribution is 2.42. The van der Waals surface area contributed by atoms with Crippen LogP contribution in [0.1, 0.15) is 42.1 Å². The Balaban J connectivity index is 1.42. The van der Waals surface area contributed by atoms with Crippen LogP contribution in [0.25, 0.3) is 0 Å². The SMILES string of the molecule is C[C@@H]1CC[C@H]2C(=O)N(c3cccc(C(=O)OCC(=O)Nc4ccccc4C(F)(F)F)c3)C(=O)[C@H]2C1. The number of amides is 3. The van der Waals surface area contributed by atoms with Gasteiger partial charge in [0.1, 0.15) is 0 Å². The van der Waals surface area contributed by atoms with E-state index >= 15 is 0 Å². The fourth-order valence-electron chi connectivity index (χ4n) is 4.66. The lowest BCUT2D eigenvalue weighted by molar-refractivity contribution is -0.137. The number of benzene rings is 2. The van der Waals surface area contributed by atoms with E-state index in [9.17, 15) is 32.3 Å². The van der Waals surface area contributed by atoms with E-state index in [2.05, 4.69) is 5.32 Å². The zero-order chi connectivity index (χ0) is 25.3. The van der Waals surface area contributed by atoms with Crippen LogP contribution in [0.3, 0.4) is 0 Å². The minimum Gasteiger partial charge on any atom is -0.452 e. The number of hydrogen-bond acceptors (Lipinski definition) is 5. The summed E-state index contributed by atoms with van der Waals surface area (Å²) in [6.07, 6.45) is -2.52. The van der Waals surface area contributed by atoms with E-state index in [1.54, 1.807) is 0 Å². The first kappa shape index (κ1) is 24.4. The summed E-state index contributed by atoms with van der Waals surface area (Å²) < 4.78 is 44.2. The van der Waals surface area contributed by atoms with E-state index in [1.807, 2.05) is 6.92 Å². The van der Waals surface area contributed by atoms with Crippen molar-refractivity contribution in [2.45, 2.75) is 32.4 Å². The number of rotatable bonds is 5. The van der Waals surface area contributed by atoms with E-state index in [0.717, 1.165) is 23.5 Å². The third-order valence-electron chi connectivity index (χ3n) is 6.37. The van der Waals surface area contributed by atoms with Gasteiger partial charge in [0.05, 0.1) is 34.3 Å². The van der Waals surface area contributed by atoms with Crippen molar-refractivity contribution in [3.8, 4) is 0 Å². The number of hydrogen-bond donors (Lipinski definition) is 1. The lowest BCUT2D eigenvalue weighted by atomic mass is 9.76. The van der Waals surface area contributed by atoms with Gasteiger partial charge >= 0.3 is 12.1 Å². The molecule has 1 N–H and O–H groups in total. The molecule has 1 heterocycles. The third kappa shape index (κ3) is 5.06. The summed E-state index contributed by atoms with van der Waals surface area (Å²) in [4.78, 5) is 51.5. The maximum Gasteiger partial charge on any atom is 0.418 e. The number of carbonyl (C=O) groups excluding carboxylic acids is 4. The lowest BCUT2D eigenvalue weighted by Crippen LogP contribution is -2.31. The van der Waals surface area contributed by atoms with Crippen molar-refractivity contribution in [2.75, 3.05) is 16.8 Å². The van der Waals surface area contributed by atoms with Gasteiger partial charge in [-0.25, -0.2) is 4.79 Å². The molecule has 0 unspecified atom stereocenters. The van der Waals surface area contributed by atoms with Gasteiger partial charge in [0.15, 0.2) is 6.61 Å². The van der Waals surface area contributed by atoms with Gasteiger partial charge in [-0.05, 0) is 55.5 Å². The molecule has 1 saturated carbocycles. The third-order valence-corrected chi connectivity index (χ3v) is 6.37. The summed E-state index contributed by atoms with van der Waals surface area (Å²) in [6.45, 7) is 1.23. The highest BCUT2D eigenvalue weighted by Gasteiger charge is 2.50. The van der Waals surface area contributed by atoms with E-state index in [-0.39, 0.29) is 34.9 Å². The molecule has 1 aliphatic heterocycles. The number of nitrogens with zero attached hydrogens (tertiary/aromatic N) is 1. The monoisotopic (exact) mass is 488 g/mol. The number of esters is 1. The average molecular weight is 488 g/mol. The molecule has 7 nitrogen and oxygen atoms in total. The normalized spacial score (nSPS) is 22.1. The Morgan fingerprint density at radius 3 is 2.49 bits per heavy atom. The largest absolute Gasteiger partial charge is 0.452 e. The highest BCUT2D eigenvalue weighted by atomic mass is 19.4. The molecule has 2 aliphatic rings. The maximum atomic E-state index is 13.1. The highest BCUT2D eigenvalue weighted by molar-refractivity contribution is 6.22. The molecule has 0 bridgehead atoms. The van der Waals surface area contributed by atoms with Gasteiger partial charge < -0.3 is 10.1 Å². The van der Waals surface area contributed by atoms with Crippen molar-refractivity contribution in [3.05, 3.63) is 59.7 Å². The smallest absolute Gasteiger partial charge is 0.418 e. The summed E-state index contributed by atoms with van der Waals surface area (Å²) >= 11 is 0. The molecule has 0 radical (unpaired) electrons. The number of alkyl halides is 3. The summed E-state index contributed by atoms with van der Waals surface area (Å²) in [5, 5.41) is 2.09. The van der Waals surface area contributed by atoms with Gasteiger partial charge in [-0.1, -0.05) is 25.1 Å². The molecule has 184 valence electrons. The molecule has 10 heteroatoms. The van der Waals surface area contributed by atoms with Crippen LogP contribution < -0.4 is 10.2 Å². The minimum atomic E-state index is -4.67. The molecule has 4 rings (SSSR count). The van der Waals surface area contributed by atoms with E-state index in [4.69, 9.17) is 4.74 Å². The first-order valence-corrected chi connectivity index (χ1v) is 11.2. The van der Waals surface area contributed by atoms with Crippen LogP contribution in [0.2, 0.25) is 0 Å². The van der Waals surface area contributed by atoms with Crippen LogP contribution in [0.15, 0.2) is 48.5 Å². The quantitative estimate of drug-likeness (QED) is 0.497. The zero-order valence-corrected chi connectivity index (χ0v) is 18.8. The van der Waals surface area contributed by atoms with Gasteiger partial charge in [0.25, 0.3) is 5.91 Å². The van der Waals surface area contributed by atoms with Crippen molar-refractivity contribution >= 4 is 35.1 Å².